The lowest BCUT2D eigenvalue weighted by Crippen LogP contribution is -2.45. The molecule has 0 spiro atoms. The number of nitrogens with one attached hydrogen (secondary N) is 1. The Morgan fingerprint density at radius 2 is 1.19 bits per heavy atom. The molecule has 0 radical (unpaired) electrons. The highest BCUT2D eigenvalue weighted by atomic mass is 31.2. The van der Waals surface area contributed by atoms with Crippen LogP contribution in [0.1, 0.15) is 162 Å². The first-order valence-corrected chi connectivity index (χ1v) is 20.7. The molecule has 3 atom stereocenters. The maximum Gasteiger partial charge on any atom is 0.268 e. The van der Waals surface area contributed by atoms with E-state index in [-0.39, 0.29) is 19.1 Å². The Bertz CT molecular complexity index is 829. The third-order valence-electron chi connectivity index (χ3n) is 8.41. The van der Waals surface area contributed by atoms with E-state index in [1.54, 1.807) is 6.08 Å². The highest BCUT2D eigenvalue weighted by Crippen LogP contribution is 2.38. The second-order valence-corrected chi connectivity index (χ2v) is 15.7. The van der Waals surface area contributed by atoms with E-state index in [1.807, 2.05) is 27.2 Å². The summed E-state index contributed by atoms with van der Waals surface area (Å²) in [6.45, 7) is 4.59. The molecule has 2 N–H and O–H groups in total. The quantitative estimate of drug-likeness (QED) is 0.0303. The van der Waals surface area contributed by atoms with Gasteiger partial charge in [0.25, 0.3) is 7.82 Å². The number of aliphatic hydroxyl groups excluding tert-OH is 1. The standard InChI is InChI=1S/C38H75N2O6P/c1-6-8-10-12-14-16-18-20-21-23-25-27-29-31-37(41)36(35-46-47(43,44)45-34-33-40(3,4)5)39-38(42)32-30-28-26-24-22-19-17-15-13-11-9-7-2/h21,23,29,31,36-37,41H,6-20,22,24-28,30,32-35H2,1-5H3,(H-,39,42,43,44)/b23-21+,31-29+/t36-,37+/m0/s1. The van der Waals surface area contributed by atoms with Gasteiger partial charge in [0.05, 0.1) is 39.9 Å². The van der Waals surface area contributed by atoms with E-state index in [0.717, 1.165) is 38.5 Å². The molecule has 0 aromatic heterocycles. The summed E-state index contributed by atoms with van der Waals surface area (Å²) in [5, 5.41) is 13.7. The number of aliphatic hydroxyl groups is 1. The van der Waals surface area contributed by atoms with Gasteiger partial charge in [-0.15, -0.1) is 0 Å². The number of carbonyl (C=O) groups excluding carboxylic acids is 1. The van der Waals surface area contributed by atoms with Gasteiger partial charge >= 0.3 is 0 Å². The van der Waals surface area contributed by atoms with Gasteiger partial charge < -0.3 is 28.8 Å². The van der Waals surface area contributed by atoms with Crippen LogP contribution in [-0.4, -0.2) is 68.5 Å². The molecular weight excluding hydrogens is 611 g/mol. The predicted molar refractivity (Wildman–Crippen MR) is 196 cm³/mol. The Morgan fingerprint density at radius 3 is 1.72 bits per heavy atom. The number of carbonyl (C=O) groups is 1. The molecule has 0 fully saturated rings. The minimum atomic E-state index is -4.58. The van der Waals surface area contributed by atoms with Crippen LogP contribution < -0.4 is 10.2 Å². The van der Waals surface area contributed by atoms with Crippen molar-refractivity contribution in [3.63, 3.8) is 0 Å². The van der Waals surface area contributed by atoms with Crippen LogP contribution in [0.2, 0.25) is 0 Å². The highest BCUT2D eigenvalue weighted by molar-refractivity contribution is 7.45. The summed E-state index contributed by atoms with van der Waals surface area (Å²) < 4.78 is 23.0. The average Bonchev–Trinajstić information content (AvgIpc) is 3.01. The zero-order valence-corrected chi connectivity index (χ0v) is 32.1. The van der Waals surface area contributed by atoms with Gasteiger partial charge in [0.15, 0.2) is 0 Å². The fourth-order valence-corrected chi connectivity index (χ4v) is 6.01. The number of amides is 1. The van der Waals surface area contributed by atoms with Crippen LogP contribution in [0.25, 0.3) is 0 Å². The van der Waals surface area contributed by atoms with E-state index in [2.05, 4.69) is 31.3 Å². The molecule has 0 rings (SSSR count). The Labute approximate surface area is 290 Å². The summed E-state index contributed by atoms with van der Waals surface area (Å²) in [6, 6.07) is -0.895. The third kappa shape index (κ3) is 33.3. The third-order valence-corrected chi connectivity index (χ3v) is 9.38. The van der Waals surface area contributed by atoms with Crippen LogP contribution in [0, 0.1) is 0 Å². The summed E-state index contributed by atoms with van der Waals surface area (Å²) >= 11 is 0. The van der Waals surface area contributed by atoms with Crippen LogP contribution >= 0.6 is 7.82 Å². The molecule has 0 aliphatic carbocycles. The largest absolute Gasteiger partial charge is 0.756 e. The first-order chi connectivity index (χ1) is 22.5. The molecule has 8 nitrogen and oxygen atoms in total. The lowest BCUT2D eigenvalue weighted by atomic mass is 10.0. The number of quaternary nitrogens is 1. The van der Waals surface area contributed by atoms with Crippen molar-refractivity contribution in [2.75, 3.05) is 40.9 Å². The minimum Gasteiger partial charge on any atom is -0.756 e. The van der Waals surface area contributed by atoms with Gasteiger partial charge in [0, 0.05) is 6.42 Å². The molecule has 0 aliphatic heterocycles. The predicted octanol–water partition coefficient (Wildman–Crippen LogP) is 9.16. The number of allylic oxidation sites excluding steroid dienone is 3. The van der Waals surface area contributed by atoms with Gasteiger partial charge in [-0.25, -0.2) is 0 Å². The molecule has 278 valence electrons. The van der Waals surface area contributed by atoms with Crippen molar-refractivity contribution in [1.29, 1.82) is 0 Å². The highest BCUT2D eigenvalue weighted by Gasteiger charge is 2.23. The van der Waals surface area contributed by atoms with Crippen molar-refractivity contribution < 1.29 is 32.9 Å². The van der Waals surface area contributed by atoms with Crippen molar-refractivity contribution >= 4 is 13.7 Å². The molecule has 0 aliphatic rings. The molecule has 0 saturated heterocycles. The SMILES string of the molecule is CCCCCCCCC/C=C/CC/C=C/[C@@H](O)[C@H](COP(=O)([O-])OCC[N+](C)(C)C)NC(=O)CCCCCCCCCCCCCC. The fraction of sp³-hybridized carbons (Fsp3) is 0.868. The van der Waals surface area contributed by atoms with E-state index in [1.165, 1.54) is 103 Å². The molecule has 1 unspecified atom stereocenters. The Morgan fingerprint density at radius 1 is 0.723 bits per heavy atom. The van der Waals surface area contributed by atoms with Crippen LogP contribution in [0.4, 0.5) is 0 Å². The van der Waals surface area contributed by atoms with E-state index in [9.17, 15) is 19.4 Å². The van der Waals surface area contributed by atoms with Gasteiger partial charge in [0.1, 0.15) is 13.2 Å². The molecule has 1 amide bonds. The molecule has 0 aromatic carbocycles. The van der Waals surface area contributed by atoms with Crippen molar-refractivity contribution in [3.05, 3.63) is 24.3 Å². The lowest BCUT2D eigenvalue weighted by Gasteiger charge is -2.29. The summed E-state index contributed by atoms with van der Waals surface area (Å²) in [5.74, 6) is -0.210. The Hall–Kier alpha value is -1.02. The number of hydrogen-bond donors (Lipinski definition) is 2. The van der Waals surface area contributed by atoms with Crippen LogP contribution in [0.3, 0.4) is 0 Å². The van der Waals surface area contributed by atoms with Gasteiger partial charge in [-0.3, -0.25) is 9.36 Å². The Balaban J connectivity index is 4.59. The van der Waals surface area contributed by atoms with Crippen molar-refractivity contribution in [2.45, 2.75) is 174 Å². The van der Waals surface area contributed by atoms with Gasteiger partial charge in [-0.05, 0) is 32.1 Å². The van der Waals surface area contributed by atoms with Crippen molar-refractivity contribution in [1.82, 2.24) is 5.32 Å². The molecule has 47 heavy (non-hydrogen) atoms. The lowest BCUT2D eigenvalue weighted by molar-refractivity contribution is -0.870. The first kappa shape index (κ1) is 46.0. The second kappa shape index (κ2) is 31.0. The normalized spacial score (nSPS) is 15.0. The summed E-state index contributed by atoms with van der Waals surface area (Å²) in [5.41, 5.74) is 0. The summed E-state index contributed by atoms with van der Waals surface area (Å²) in [7, 11) is 1.24. The van der Waals surface area contributed by atoms with Crippen molar-refractivity contribution in [3.8, 4) is 0 Å². The maximum absolute atomic E-state index is 12.7. The van der Waals surface area contributed by atoms with E-state index < -0.39 is 20.0 Å². The van der Waals surface area contributed by atoms with Crippen molar-refractivity contribution in [2.24, 2.45) is 0 Å². The smallest absolute Gasteiger partial charge is 0.268 e. The van der Waals surface area contributed by atoms with E-state index in [4.69, 9.17) is 9.05 Å². The fourth-order valence-electron chi connectivity index (χ4n) is 5.28. The van der Waals surface area contributed by atoms with Gasteiger partial charge in [-0.2, -0.15) is 0 Å². The van der Waals surface area contributed by atoms with Crippen LogP contribution in [0.5, 0.6) is 0 Å². The number of rotatable bonds is 34. The second-order valence-electron chi connectivity index (χ2n) is 14.3. The number of likely N-dealkylation sites (N-methyl/N-ethyl adjacent to an activating group) is 1. The van der Waals surface area contributed by atoms with Crippen LogP contribution in [0.15, 0.2) is 24.3 Å². The van der Waals surface area contributed by atoms with E-state index >= 15 is 0 Å². The number of nitrogens with zero attached hydrogens (tertiary/aromatic N) is 1. The number of unbranched alkanes of at least 4 members (excludes halogenated alkanes) is 19. The topological polar surface area (TPSA) is 108 Å². The summed E-state index contributed by atoms with van der Waals surface area (Å²) in [6.07, 6.45) is 33.6. The maximum atomic E-state index is 12.7. The number of hydrogen-bond acceptors (Lipinski definition) is 6. The van der Waals surface area contributed by atoms with Crippen LogP contribution in [-0.2, 0) is 18.4 Å². The molecular formula is C38H75N2O6P. The van der Waals surface area contributed by atoms with Gasteiger partial charge in [-0.1, -0.05) is 147 Å². The zero-order chi connectivity index (χ0) is 35.1. The molecule has 0 heterocycles. The minimum absolute atomic E-state index is 0.00477. The van der Waals surface area contributed by atoms with E-state index in [0.29, 0.717) is 17.4 Å². The first-order valence-electron chi connectivity index (χ1n) is 19.2. The average molecular weight is 687 g/mol. The summed E-state index contributed by atoms with van der Waals surface area (Å²) in [4.78, 5) is 25.1. The monoisotopic (exact) mass is 687 g/mol. The Kier molecular flexibility index (Phi) is 30.3. The molecule has 0 bridgehead atoms. The molecule has 9 heteroatoms. The van der Waals surface area contributed by atoms with Gasteiger partial charge in [0.2, 0.25) is 5.91 Å². The molecule has 0 saturated carbocycles. The molecule has 0 aromatic rings. The number of phosphoric acid groups is 1. The number of phosphoric ester groups is 1. The zero-order valence-electron chi connectivity index (χ0n) is 31.2.